The Hall–Kier alpha value is -2.88. The van der Waals surface area contributed by atoms with E-state index in [0.29, 0.717) is 6.71 Å². The Morgan fingerprint density at radius 2 is 0.714 bits per heavy atom. The first kappa shape index (κ1) is 19.9. The van der Waals surface area contributed by atoms with Crippen molar-refractivity contribution in [2.24, 2.45) is 0 Å². The number of hydrogen-bond acceptors (Lipinski definition) is 3. The van der Waals surface area contributed by atoms with Crippen molar-refractivity contribution in [2.45, 2.75) is 19.0 Å². The first-order chi connectivity index (χ1) is 13.7. The highest BCUT2D eigenvalue weighted by molar-refractivity contribution is 6.57. The molecule has 3 nitrogen and oxygen atoms in total. The third-order valence-electron chi connectivity index (χ3n) is 5.05. The fraction of sp³-hybridized carbons (Fsp3) is 0.250. The summed E-state index contributed by atoms with van der Waals surface area (Å²) in [5.74, 6) is 2.68. The molecule has 0 amide bonds. The third kappa shape index (κ3) is 5.56. The van der Waals surface area contributed by atoms with Crippen LogP contribution >= 0.6 is 0 Å². The molecule has 144 valence electrons. The van der Waals surface area contributed by atoms with Gasteiger partial charge in [0.1, 0.15) is 17.2 Å². The van der Waals surface area contributed by atoms with Crippen LogP contribution in [0.2, 0.25) is 0 Å². The van der Waals surface area contributed by atoms with Crippen LogP contribution in [0.25, 0.3) is 0 Å². The van der Waals surface area contributed by atoms with E-state index in [4.69, 9.17) is 14.2 Å². The average molecular weight is 374 g/mol. The van der Waals surface area contributed by atoms with E-state index in [9.17, 15) is 0 Å². The Morgan fingerprint density at radius 1 is 0.464 bits per heavy atom. The second-order valence-corrected chi connectivity index (χ2v) is 7.02. The highest BCUT2D eigenvalue weighted by Gasteiger charge is 2.17. The van der Waals surface area contributed by atoms with E-state index < -0.39 is 0 Å². The van der Waals surface area contributed by atoms with Crippen LogP contribution < -0.4 is 14.2 Å². The zero-order valence-corrected chi connectivity index (χ0v) is 16.9. The summed E-state index contributed by atoms with van der Waals surface area (Å²) in [6.45, 7) is 0.496. The summed E-state index contributed by atoms with van der Waals surface area (Å²) >= 11 is 0. The predicted octanol–water partition coefficient (Wildman–Crippen LogP) is 4.85. The summed E-state index contributed by atoms with van der Waals surface area (Å²) < 4.78 is 15.9. The first-order valence-corrected chi connectivity index (χ1v) is 9.59. The molecule has 0 N–H and O–H groups in total. The van der Waals surface area contributed by atoms with Crippen molar-refractivity contribution in [3.63, 3.8) is 0 Å². The maximum atomic E-state index is 5.29. The molecule has 3 rings (SSSR count). The Bertz CT molecular complexity index is 725. The van der Waals surface area contributed by atoms with Gasteiger partial charge < -0.3 is 14.2 Å². The van der Waals surface area contributed by atoms with Crippen LogP contribution in [-0.2, 0) is 19.0 Å². The molecule has 0 atom stereocenters. The molecule has 3 aromatic carbocycles. The van der Waals surface area contributed by atoms with Gasteiger partial charge in [-0.3, -0.25) is 0 Å². The quantitative estimate of drug-likeness (QED) is 0.501. The van der Waals surface area contributed by atoms with Crippen molar-refractivity contribution in [3.05, 3.63) is 89.5 Å². The number of benzene rings is 3. The van der Waals surface area contributed by atoms with E-state index in [1.807, 2.05) is 36.4 Å². The molecule has 4 heteroatoms. The lowest BCUT2D eigenvalue weighted by atomic mass is 9.40. The van der Waals surface area contributed by atoms with Gasteiger partial charge in [0.15, 0.2) is 6.71 Å². The largest absolute Gasteiger partial charge is 0.497 e. The van der Waals surface area contributed by atoms with E-state index in [0.717, 1.165) is 36.2 Å². The van der Waals surface area contributed by atoms with E-state index >= 15 is 0 Å². The molecule has 0 saturated heterocycles. The summed E-state index contributed by atoms with van der Waals surface area (Å²) in [4.78, 5) is 0. The average Bonchev–Trinajstić information content (AvgIpc) is 2.75. The second-order valence-electron chi connectivity index (χ2n) is 7.02. The van der Waals surface area contributed by atoms with Gasteiger partial charge in [-0.1, -0.05) is 53.1 Å². The molecular formula is C24H27BO3. The monoisotopic (exact) mass is 374 g/mol. The molecule has 28 heavy (non-hydrogen) atoms. The van der Waals surface area contributed by atoms with Gasteiger partial charge in [-0.15, -0.1) is 0 Å². The number of rotatable bonds is 9. The predicted molar refractivity (Wildman–Crippen MR) is 116 cm³/mol. The van der Waals surface area contributed by atoms with Gasteiger partial charge in [0, 0.05) is 0 Å². The molecule has 0 fully saturated rings. The van der Waals surface area contributed by atoms with Crippen molar-refractivity contribution >= 4 is 6.71 Å². The van der Waals surface area contributed by atoms with Crippen molar-refractivity contribution in [2.75, 3.05) is 21.3 Å². The first-order valence-electron chi connectivity index (χ1n) is 9.59. The normalized spacial score (nSPS) is 10.4. The minimum absolute atomic E-state index is 0.496. The van der Waals surface area contributed by atoms with Gasteiger partial charge in [0.05, 0.1) is 21.3 Å². The Balaban J connectivity index is 1.76. The van der Waals surface area contributed by atoms with Gasteiger partial charge in [-0.05, 0) is 55.4 Å². The van der Waals surface area contributed by atoms with Crippen LogP contribution in [-0.4, -0.2) is 28.0 Å². The smallest absolute Gasteiger partial charge is 0.153 e. The van der Waals surface area contributed by atoms with Gasteiger partial charge in [-0.25, -0.2) is 0 Å². The summed E-state index contributed by atoms with van der Waals surface area (Å²) in [7, 11) is 5.10. The standard InChI is InChI=1S/C24H27BO3/c1-26-22-10-4-19(5-11-22)16-25(17-20-6-12-23(27-2)13-7-20)18-21-8-14-24(28-3)15-9-21/h4-15H,16-18H2,1-3H3. The number of ether oxygens (including phenoxy) is 3. The van der Waals surface area contributed by atoms with Crippen LogP contribution in [0.3, 0.4) is 0 Å². The SMILES string of the molecule is COc1ccc(CB(Cc2ccc(OC)cc2)Cc2ccc(OC)cc2)cc1. The molecule has 0 heterocycles. The maximum absolute atomic E-state index is 5.29. The zero-order chi connectivity index (χ0) is 19.8. The molecule has 0 aliphatic carbocycles. The summed E-state index contributed by atoms with van der Waals surface area (Å²) in [6, 6.07) is 25.2. The number of hydrogen-bond donors (Lipinski definition) is 0. The topological polar surface area (TPSA) is 27.7 Å². The molecule has 0 aliphatic heterocycles. The van der Waals surface area contributed by atoms with Crippen molar-refractivity contribution in [1.82, 2.24) is 0 Å². The molecule has 0 aromatic heterocycles. The van der Waals surface area contributed by atoms with Gasteiger partial charge in [-0.2, -0.15) is 0 Å². The van der Waals surface area contributed by atoms with Crippen LogP contribution in [0.15, 0.2) is 72.8 Å². The fourth-order valence-electron chi connectivity index (χ4n) is 3.50. The fourth-order valence-corrected chi connectivity index (χ4v) is 3.50. The van der Waals surface area contributed by atoms with Crippen molar-refractivity contribution < 1.29 is 14.2 Å². The highest BCUT2D eigenvalue weighted by atomic mass is 16.5. The van der Waals surface area contributed by atoms with E-state index in [2.05, 4.69) is 36.4 Å². The number of methoxy groups -OCH3 is 3. The summed E-state index contributed by atoms with van der Waals surface area (Å²) in [5.41, 5.74) is 3.98. The van der Waals surface area contributed by atoms with Crippen molar-refractivity contribution in [1.29, 1.82) is 0 Å². The lowest BCUT2D eigenvalue weighted by Gasteiger charge is -2.15. The molecular weight excluding hydrogens is 347 g/mol. The van der Waals surface area contributed by atoms with Crippen LogP contribution in [0.5, 0.6) is 17.2 Å². The molecule has 0 bridgehead atoms. The van der Waals surface area contributed by atoms with Crippen LogP contribution in [0.1, 0.15) is 16.7 Å². The minimum atomic E-state index is 0.496. The van der Waals surface area contributed by atoms with Crippen LogP contribution in [0.4, 0.5) is 0 Å². The highest BCUT2D eigenvalue weighted by Crippen LogP contribution is 2.19. The molecule has 0 radical (unpaired) electrons. The van der Waals surface area contributed by atoms with Gasteiger partial charge in [0.25, 0.3) is 0 Å². The lowest BCUT2D eigenvalue weighted by molar-refractivity contribution is 0.414. The lowest BCUT2D eigenvalue weighted by Crippen LogP contribution is -2.24. The Morgan fingerprint density at radius 3 is 0.929 bits per heavy atom. The summed E-state index contributed by atoms with van der Waals surface area (Å²) in [6.07, 6.45) is 3.05. The second kappa shape index (κ2) is 9.89. The van der Waals surface area contributed by atoms with E-state index in [-0.39, 0.29) is 0 Å². The maximum Gasteiger partial charge on any atom is 0.153 e. The summed E-state index contributed by atoms with van der Waals surface area (Å²) in [5, 5.41) is 0. The van der Waals surface area contributed by atoms with Gasteiger partial charge >= 0.3 is 0 Å². The third-order valence-corrected chi connectivity index (χ3v) is 5.05. The van der Waals surface area contributed by atoms with Crippen molar-refractivity contribution in [3.8, 4) is 17.2 Å². The van der Waals surface area contributed by atoms with Crippen LogP contribution in [0, 0.1) is 0 Å². The molecule has 0 saturated carbocycles. The molecule has 0 unspecified atom stereocenters. The van der Waals surface area contributed by atoms with E-state index in [1.54, 1.807) is 21.3 Å². The Labute approximate surface area is 168 Å². The molecule has 0 aliphatic rings. The zero-order valence-electron chi connectivity index (χ0n) is 16.9. The molecule has 3 aromatic rings. The Kier molecular flexibility index (Phi) is 7.02. The molecule has 0 spiro atoms. The van der Waals surface area contributed by atoms with E-state index in [1.165, 1.54) is 16.7 Å². The van der Waals surface area contributed by atoms with Gasteiger partial charge in [0.2, 0.25) is 0 Å². The minimum Gasteiger partial charge on any atom is -0.497 e.